The summed E-state index contributed by atoms with van der Waals surface area (Å²) in [6.07, 6.45) is 1.45. The van der Waals surface area contributed by atoms with Crippen LogP contribution in [-0.2, 0) is 26.2 Å². The van der Waals surface area contributed by atoms with E-state index in [9.17, 15) is 18.0 Å². The van der Waals surface area contributed by atoms with E-state index < -0.39 is 28.5 Å². The van der Waals surface area contributed by atoms with Gasteiger partial charge in [0.15, 0.2) is 0 Å². The Kier molecular flexibility index (Phi) is 8.87. The van der Waals surface area contributed by atoms with E-state index in [1.54, 1.807) is 31.4 Å². The van der Waals surface area contributed by atoms with Gasteiger partial charge < -0.3 is 15.0 Å². The van der Waals surface area contributed by atoms with Crippen LogP contribution >= 0.6 is 0 Å². The van der Waals surface area contributed by atoms with Crippen molar-refractivity contribution < 1.29 is 22.7 Å². The summed E-state index contributed by atoms with van der Waals surface area (Å²) >= 11 is 0. The molecule has 0 saturated heterocycles. The van der Waals surface area contributed by atoms with E-state index in [0.717, 1.165) is 27.3 Å². The summed E-state index contributed by atoms with van der Waals surface area (Å²) in [6.45, 7) is 5.37. The molecule has 0 radical (unpaired) electrons. The number of amides is 2. The lowest BCUT2D eigenvalue weighted by molar-refractivity contribution is -0.140. The van der Waals surface area contributed by atoms with E-state index in [1.165, 1.54) is 11.9 Å². The average Bonchev–Trinajstić information content (AvgIpc) is 2.78. The van der Waals surface area contributed by atoms with E-state index in [1.807, 2.05) is 39.0 Å². The summed E-state index contributed by atoms with van der Waals surface area (Å²) in [6, 6.07) is 11.7. The fourth-order valence-corrected chi connectivity index (χ4v) is 4.35. The molecule has 9 heteroatoms. The van der Waals surface area contributed by atoms with E-state index >= 15 is 0 Å². The monoisotopic (exact) mass is 475 g/mol. The molecular weight excluding hydrogens is 442 g/mol. The van der Waals surface area contributed by atoms with Crippen LogP contribution < -0.4 is 14.4 Å². The van der Waals surface area contributed by atoms with Crippen molar-refractivity contribution >= 4 is 27.5 Å². The van der Waals surface area contributed by atoms with E-state index in [2.05, 4.69) is 5.32 Å². The highest BCUT2D eigenvalue weighted by Gasteiger charge is 2.31. The van der Waals surface area contributed by atoms with Crippen LogP contribution in [0.4, 0.5) is 5.69 Å². The normalized spacial score (nSPS) is 12.1. The molecule has 1 atom stereocenters. The molecule has 0 saturated carbocycles. The summed E-state index contributed by atoms with van der Waals surface area (Å²) in [5, 5.41) is 2.60. The van der Waals surface area contributed by atoms with Gasteiger partial charge in [0.1, 0.15) is 18.3 Å². The molecule has 0 fully saturated rings. The first kappa shape index (κ1) is 26.2. The van der Waals surface area contributed by atoms with E-state index in [-0.39, 0.29) is 12.5 Å². The van der Waals surface area contributed by atoms with Crippen molar-refractivity contribution in [3.63, 3.8) is 0 Å². The molecule has 180 valence electrons. The van der Waals surface area contributed by atoms with Crippen molar-refractivity contribution in [2.75, 3.05) is 31.3 Å². The molecule has 0 unspecified atom stereocenters. The molecule has 0 bridgehead atoms. The Morgan fingerprint density at radius 3 is 2.18 bits per heavy atom. The number of aryl methyl sites for hydroxylation is 2. The van der Waals surface area contributed by atoms with Crippen LogP contribution in [0.25, 0.3) is 0 Å². The molecule has 0 aliphatic heterocycles. The van der Waals surface area contributed by atoms with Crippen LogP contribution in [0.15, 0.2) is 42.5 Å². The predicted octanol–water partition coefficient (Wildman–Crippen LogP) is 2.63. The minimum atomic E-state index is -3.75. The number of likely N-dealkylation sites (N-methyl/N-ethyl adjacent to an activating group) is 1. The number of nitrogens with zero attached hydrogens (tertiary/aromatic N) is 2. The van der Waals surface area contributed by atoms with Crippen molar-refractivity contribution in [1.82, 2.24) is 10.2 Å². The Labute approximate surface area is 196 Å². The molecule has 0 aliphatic carbocycles. The van der Waals surface area contributed by atoms with Crippen molar-refractivity contribution in [1.29, 1.82) is 0 Å². The molecule has 0 heterocycles. The minimum Gasteiger partial charge on any atom is -0.497 e. The number of ether oxygens (including phenoxy) is 1. The SMILES string of the molecule is CC[C@@H](C(=O)NC)N(Cc1ccc(OC)cc1)C(=O)CN(c1ccc(C)c(C)c1)S(C)(=O)=O. The number of hydrogen-bond donors (Lipinski definition) is 1. The summed E-state index contributed by atoms with van der Waals surface area (Å²) in [5.74, 6) is -0.102. The Hall–Kier alpha value is -3.07. The van der Waals surface area contributed by atoms with Crippen molar-refractivity contribution in [3.05, 3.63) is 59.2 Å². The maximum Gasteiger partial charge on any atom is 0.244 e. The third-order valence-electron chi connectivity index (χ3n) is 5.60. The van der Waals surface area contributed by atoms with Crippen LogP contribution in [0.2, 0.25) is 0 Å². The second-order valence-electron chi connectivity index (χ2n) is 7.95. The molecule has 2 aromatic carbocycles. The van der Waals surface area contributed by atoms with Gasteiger partial charge in [0.25, 0.3) is 0 Å². The Balaban J connectivity index is 2.43. The maximum atomic E-state index is 13.5. The molecule has 2 aromatic rings. The minimum absolute atomic E-state index is 0.152. The molecule has 33 heavy (non-hydrogen) atoms. The van der Waals surface area contributed by atoms with Gasteiger partial charge in [0.05, 0.1) is 19.1 Å². The zero-order chi connectivity index (χ0) is 24.8. The molecular formula is C24H33N3O5S. The Bertz CT molecular complexity index is 1080. The van der Waals surface area contributed by atoms with Gasteiger partial charge in [-0.1, -0.05) is 25.1 Å². The van der Waals surface area contributed by atoms with Crippen molar-refractivity contribution in [2.24, 2.45) is 0 Å². The molecule has 0 aromatic heterocycles. The molecule has 1 N–H and O–H groups in total. The van der Waals surface area contributed by atoms with Gasteiger partial charge in [0.2, 0.25) is 21.8 Å². The van der Waals surface area contributed by atoms with Crippen LogP contribution in [0.5, 0.6) is 5.75 Å². The van der Waals surface area contributed by atoms with Gasteiger partial charge in [0, 0.05) is 13.6 Å². The fourth-order valence-electron chi connectivity index (χ4n) is 3.51. The number of anilines is 1. The molecule has 0 spiro atoms. The number of carbonyl (C=O) groups excluding carboxylic acids is 2. The van der Waals surface area contributed by atoms with Crippen LogP contribution in [0, 0.1) is 13.8 Å². The zero-order valence-corrected chi connectivity index (χ0v) is 20.9. The van der Waals surface area contributed by atoms with Crippen LogP contribution in [-0.4, -0.2) is 58.1 Å². The predicted molar refractivity (Wildman–Crippen MR) is 130 cm³/mol. The van der Waals surface area contributed by atoms with Gasteiger partial charge in [-0.3, -0.25) is 13.9 Å². The molecule has 2 rings (SSSR count). The number of nitrogens with one attached hydrogen (secondary N) is 1. The highest BCUT2D eigenvalue weighted by Crippen LogP contribution is 2.23. The molecule has 2 amide bonds. The van der Waals surface area contributed by atoms with Crippen molar-refractivity contribution in [2.45, 2.75) is 39.8 Å². The lowest BCUT2D eigenvalue weighted by Gasteiger charge is -2.32. The van der Waals surface area contributed by atoms with Gasteiger partial charge in [-0.15, -0.1) is 0 Å². The first-order valence-electron chi connectivity index (χ1n) is 10.7. The van der Waals surface area contributed by atoms with Gasteiger partial charge >= 0.3 is 0 Å². The van der Waals surface area contributed by atoms with Crippen molar-refractivity contribution in [3.8, 4) is 5.75 Å². The quantitative estimate of drug-likeness (QED) is 0.570. The smallest absolute Gasteiger partial charge is 0.244 e. The van der Waals surface area contributed by atoms with E-state index in [0.29, 0.717) is 17.9 Å². The second kappa shape index (κ2) is 11.2. The van der Waals surface area contributed by atoms with Gasteiger partial charge in [-0.05, 0) is 61.2 Å². The molecule has 8 nitrogen and oxygen atoms in total. The third-order valence-corrected chi connectivity index (χ3v) is 6.74. The third kappa shape index (κ3) is 6.71. The summed E-state index contributed by atoms with van der Waals surface area (Å²) in [5.41, 5.74) is 3.14. The standard InChI is InChI=1S/C24H33N3O5S/c1-7-22(24(29)25-4)26(15-19-9-12-21(32-5)13-10-19)23(28)16-27(33(6,30)31)20-11-8-17(2)18(3)14-20/h8-14,22H,7,15-16H2,1-6H3,(H,25,29)/t22-/m0/s1. The molecule has 0 aliphatic rings. The lowest BCUT2D eigenvalue weighted by Crippen LogP contribution is -2.51. The summed E-state index contributed by atoms with van der Waals surface area (Å²) in [7, 11) is -0.669. The fraction of sp³-hybridized carbons (Fsp3) is 0.417. The second-order valence-corrected chi connectivity index (χ2v) is 9.85. The Morgan fingerprint density at radius 2 is 1.70 bits per heavy atom. The zero-order valence-electron chi connectivity index (χ0n) is 20.1. The topological polar surface area (TPSA) is 96.0 Å². The number of sulfonamides is 1. The van der Waals surface area contributed by atoms with Gasteiger partial charge in [-0.25, -0.2) is 8.42 Å². The summed E-state index contributed by atoms with van der Waals surface area (Å²) < 4.78 is 31.5. The number of hydrogen-bond acceptors (Lipinski definition) is 5. The average molecular weight is 476 g/mol. The van der Waals surface area contributed by atoms with Gasteiger partial charge in [-0.2, -0.15) is 0 Å². The van der Waals surface area contributed by atoms with E-state index in [4.69, 9.17) is 4.74 Å². The van der Waals surface area contributed by atoms with Crippen LogP contribution in [0.1, 0.15) is 30.0 Å². The largest absolute Gasteiger partial charge is 0.497 e. The lowest BCUT2D eigenvalue weighted by atomic mass is 10.1. The number of rotatable bonds is 10. The maximum absolute atomic E-state index is 13.5. The summed E-state index contributed by atoms with van der Waals surface area (Å²) in [4.78, 5) is 27.5. The number of benzene rings is 2. The first-order valence-corrected chi connectivity index (χ1v) is 12.6. The first-order chi connectivity index (χ1) is 15.5. The van der Waals surface area contributed by atoms with Crippen LogP contribution in [0.3, 0.4) is 0 Å². The Morgan fingerprint density at radius 1 is 1.06 bits per heavy atom. The number of methoxy groups -OCH3 is 1. The highest BCUT2D eigenvalue weighted by atomic mass is 32.2. The highest BCUT2D eigenvalue weighted by molar-refractivity contribution is 7.92. The number of carbonyl (C=O) groups is 2.